The molecule has 1 fully saturated rings. The molecule has 1 heterocycles. The molecule has 0 radical (unpaired) electrons. The molecule has 6 nitrogen and oxygen atoms in total. The molecule has 1 saturated heterocycles. The van der Waals surface area contributed by atoms with Crippen LogP contribution in [-0.4, -0.2) is 54.9 Å². The summed E-state index contributed by atoms with van der Waals surface area (Å²) in [4.78, 5) is 25.9. The smallest absolute Gasteiger partial charge is 0.318 e. The van der Waals surface area contributed by atoms with Crippen LogP contribution >= 0.6 is 0 Å². The van der Waals surface area contributed by atoms with E-state index in [-0.39, 0.29) is 0 Å². The van der Waals surface area contributed by atoms with Crippen LogP contribution in [0.5, 0.6) is 0 Å². The van der Waals surface area contributed by atoms with Crippen LogP contribution in [0.25, 0.3) is 0 Å². The maximum atomic E-state index is 11.9. The Kier molecular flexibility index (Phi) is 4.93. The molecule has 6 heteroatoms. The maximum Gasteiger partial charge on any atom is 0.323 e. The summed E-state index contributed by atoms with van der Waals surface area (Å²) in [7, 11) is 2.03. The van der Waals surface area contributed by atoms with Crippen molar-refractivity contribution in [1.29, 1.82) is 0 Å². The third kappa shape index (κ3) is 4.27. The van der Waals surface area contributed by atoms with E-state index in [0.717, 1.165) is 37.3 Å². The lowest BCUT2D eigenvalue weighted by atomic mass is 10.1. The highest BCUT2D eigenvalue weighted by molar-refractivity contribution is 6.39. The summed E-state index contributed by atoms with van der Waals surface area (Å²) in [6.07, 6.45) is 0. The number of carbonyl (C=O) groups is 2. The number of hydrogen-bond acceptors (Lipinski definition) is 4. The zero-order valence-corrected chi connectivity index (χ0v) is 12.8. The molecule has 114 valence electrons. The predicted molar refractivity (Wildman–Crippen MR) is 81.8 cm³/mol. The van der Waals surface area contributed by atoms with Gasteiger partial charge < -0.3 is 10.2 Å². The van der Waals surface area contributed by atoms with E-state index >= 15 is 0 Å². The van der Waals surface area contributed by atoms with Gasteiger partial charge in [-0.2, -0.15) is 0 Å². The molecule has 1 aliphatic rings. The van der Waals surface area contributed by atoms with Gasteiger partial charge >= 0.3 is 11.8 Å². The summed E-state index contributed by atoms with van der Waals surface area (Å²) in [5.74, 6) is -1.27. The first-order valence-corrected chi connectivity index (χ1v) is 7.08. The number of carbonyl (C=O) groups excluding carboxylic acids is 2. The fourth-order valence-electron chi connectivity index (χ4n) is 2.12. The molecule has 0 bridgehead atoms. The maximum absolute atomic E-state index is 11.9. The monoisotopic (exact) mass is 290 g/mol. The van der Waals surface area contributed by atoms with Crippen molar-refractivity contribution in [2.45, 2.75) is 13.8 Å². The summed E-state index contributed by atoms with van der Waals surface area (Å²) >= 11 is 0. The fourth-order valence-corrected chi connectivity index (χ4v) is 2.12. The molecule has 0 unspecified atom stereocenters. The van der Waals surface area contributed by atoms with Gasteiger partial charge in [-0.05, 0) is 44.2 Å². The molecule has 1 aromatic carbocycles. The van der Waals surface area contributed by atoms with Crippen LogP contribution in [0, 0.1) is 13.8 Å². The van der Waals surface area contributed by atoms with Gasteiger partial charge in [-0.25, -0.2) is 5.01 Å². The van der Waals surface area contributed by atoms with E-state index in [2.05, 4.69) is 15.6 Å². The third-order valence-electron chi connectivity index (χ3n) is 3.73. The van der Waals surface area contributed by atoms with Crippen molar-refractivity contribution in [2.24, 2.45) is 0 Å². The highest BCUT2D eigenvalue weighted by atomic mass is 16.2. The van der Waals surface area contributed by atoms with Crippen molar-refractivity contribution in [1.82, 2.24) is 15.3 Å². The Morgan fingerprint density at radius 3 is 2.29 bits per heavy atom. The van der Waals surface area contributed by atoms with E-state index < -0.39 is 11.8 Å². The minimum atomic E-state index is -0.641. The largest absolute Gasteiger partial charge is 0.323 e. The molecule has 2 N–H and O–H groups in total. The fraction of sp³-hybridized carbons (Fsp3) is 0.467. The van der Waals surface area contributed by atoms with Gasteiger partial charge in [0.2, 0.25) is 0 Å². The highest BCUT2D eigenvalue weighted by Crippen LogP contribution is 2.13. The molecule has 0 atom stereocenters. The number of aryl methyl sites for hydroxylation is 2. The average Bonchev–Trinajstić information content (AvgIpc) is 2.45. The molecular weight excluding hydrogens is 268 g/mol. The van der Waals surface area contributed by atoms with Gasteiger partial charge in [0.1, 0.15) is 0 Å². The lowest BCUT2D eigenvalue weighted by molar-refractivity contribution is -0.139. The van der Waals surface area contributed by atoms with Crippen LogP contribution in [0.1, 0.15) is 11.1 Å². The van der Waals surface area contributed by atoms with Gasteiger partial charge in [-0.3, -0.25) is 15.0 Å². The summed E-state index contributed by atoms with van der Waals surface area (Å²) in [5, 5.41) is 4.40. The molecule has 1 aromatic rings. The van der Waals surface area contributed by atoms with Gasteiger partial charge in [0, 0.05) is 31.9 Å². The van der Waals surface area contributed by atoms with Gasteiger partial charge in [0.15, 0.2) is 0 Å². The average molecular weight is 290 g/mol. The van der Waals surface area contributed by atoms with Gasteiger partial charge in [0.25, 0.3) is 0 Å². The Labute approximate surface area is 125 Å². The van der Waals surface area contributed by atoms with Crippen LogP contribution in [0.4, 0.5) is 5.69 Å². The van der Waals surface area contributed by atoms with Crippen LogP contribution in [0.3, 0.4) is 0 Å². The van der Waals surface area contributed by atoms with Crippen molar-refractivity contribution in [3.8, 4) is 0 Å². The normalized spacial score (nSPS) is 16.5. The number of nitrogens with one attached hydrogen (secondary N) is 2. The highest BCUT2D eigenvalue weighted by Gasteiger charge is 2.20. The number of hydrazine groups is 1. The number of hydrogen-bond donors (Lipinski definition) is 2. The molecule has 0 aliphatic carbocycles. The second-order valence-corrected chi connectivity index (χ2v) is 5.48. The van der Waals surface area contributed by atoms with E-state index in [4.69, 9.17) is 0 Å². The Morgan fingerprint density at radius 2 is 1.67 bits per heavy atom. The van der Waals surface area contributed by atoms with Crippen molar-refractivity contribution in [3.63, 3.8) is 0 Å². The van der Waals surface area contributed by atoms with Crippen molar-refractivity contribution >= 4 is 17.5 Å². The standard InChI is InChI=1S/C15H22N4O2/c1-11-4-5-13(10-12(11)2)16-14(20)15(21)17-19-8-6-18(3)7-9-19/h4-5,10H,6-9H2,1-3H3,(H,16,20)(H,17,21). The topological polar surface area (TPSA) is 64.7 Å². The summed E-state index contributed by atoms with van der Waals surface area (Å²) in [6.45, 7) is 7.16. The third-order valence-corrected chi connectivity index (χ3v) is 3.73. The minimum absolute atomic E-state index is 0.627. The van der Waals surface area contributed by atoms with Crippen LogP contribution in [-0.2, 0) is 9.59 Å². The first kappa shape index (κ1) is 15.5. The van der Waals surface area contributed by atoms with Crippen LogP contribution in [0.2, 0.25) is 0 Å². The Bertz CT molecular complexity index is 536. The predicted octanol–water partition coefficient (Wildman–Crippen LogP) is 0.521. The summed E-state index contributed by atoms with van der Waals surface area (Å²) in [6, 6.07) is 5.57. The second-order valence-electron chi connectivity index (χ2n) is 5.48. The van der Waals surface area contributed by atoms with Gasteiger partial charge in [0.05, 0.1) is 0 Å². The molecule has 1 aliphatic heterocycles. The number of piperazine rings is 1. The van der Waals surface area contributed by atoms with Crippen molar-refractivity contribution in [3.05, 3.63) is 29.3 Å². The van der Waals surface area contributed by atoms with Gasteiger partial charge in [-0.1, -0.05) is 6.07 Å². The summed E-state index contributed by atoms with van der Waals surface area (Å²) in [5.41, 5.74) is 5.50. The van der Waals surface area contributed by atoms with E-state index in [1.807, 2.05) is 33.0 Å². The Morgan fingerprint density at radius 1 is 1.00 bits per heavy atom. The van der Waals surface area contributed by atoms with Gasteiger partial charge in [-0.15, -0.1) is 0 Å². The number of benzene rings is 1. The lowest BCUT2D eigenvalue weighted by Crippen LogP contribution is -2.54. The van der Waals surface area contributed by atoms with Crippen LogP contribution in [0.15, 0.2) is 18.2 Å². The molecule has 21 heavy (non-hydrogen) atoms. The van der Waals surface area contributed by atoms with Crippen molar-refractivity contribution in [2.75, 3.05) is 38.5 Å². The molecule has 2 rings (SSSR count). The Hall–Kier alpha value is -1.92. The first-order valence-electron chi connectivity index (χ1n) is 7.08. The number of anilines is 1. The van der Waals surface area contributed by atoms with E-state index in [9.17, 15) is 9.59 Å². The SMILES string of the molecule is Cc1ccc(NC(=O)C(=O)NN2CCN(C)CC2)cc1C. The van der Waals surface area contributed by atoms with E-state index in [1.54, 1.807) is 11.1 Å². The van der Waals surface area contributed by atoms with E-state index in [0.29, 0.717) is 5.69 Å². The number of amides is 2. The minimum Gasteiger partial charge on any atom is -0.318 e. The zero-order chi connectivity index (χ0) is 15.4. The quantitative estimate of drug-likeness (QED) is 0.780. The molecule has 0 aromatic heterocycles. The van der Waals surface area contributed by atoms with Crippen LogP contribution < -0.4 is 10.7 Å². The number of likely N-dealkylation sites (N-methyl/N-ethyl adjacent to an activating group) is 1. The number of rotatable bonds is 2. The van der Waals surface area contributed by atoms with Crippen molar-refractivity contribution < 1.29 is 9.59 Å². The second kappa shape index (κ2) is 6.69. The molecule has 0 saturated carbocycles. The first-order chi connectivity index (χ1) is 9.95. The molecule has 0 spiro atoms. The van der Waals surface area contributed by atoms with E-state index in [1.165, 1.54) is 0 Å². The molecule has 2 amide bonds. The zero-order valence-electron chi connectivity index (χ0n) is 12.8. The molecular formula is C15H22N4O2. The summed E-state index contributed by atoms with van der Waals surface area (Å²) < 4.78 is 0. The Balaban J connectivity index is 1.87. The lowest BCUT2D eigenvalue weighted by Gasteiger charge is -2.32. The number of nitrogens with zero attached hydrogens (tertiary/aromatic N) is 2.